The van der Waals surface area contributed by atoms with Gasteiger partial charge in [-0.1, -0.05) is 13.8 Å². The second-order valence-corrected chi connectivity index (χ2v) is 2.69. The number of amides is 1. The molecule has 1 heterocycles. The number of carbonyl (C=O) groups excluding carboxylic acids is 1. The molecule has 1 amide bonds. The summed E-state index contributed by atoms with van der Waals surface area (Å²) in [6.45, 7) is 4.24. The van der Waals surface area contributed by atoms with Crippen molar-refractivity contribution in [3.05, 3.63) is 0 Å². The lowest BCUT2D eigenvalue weighted by Crippen LogP contribution is -1.96. The minimum absolute atomic E-state index is 0.204. The topological polar surface area (TPSA) is 39.0 Å². The lowest BCUT2D eigenvalue weighted by Gasteiger charge is -1.95. The third-order valence-electron chi connectivity index (χ3n) is 1.26. The van der Waals surface area contributed by atoms with Crippen molar-refractivity contribution < 1.29 is 4.79 Å². The molecule has 0 bridgehead atoms. The summed E-state index contributed by atoms with van der Waals surface area (Å²) < 4.78 is 0. The summed E-state index contributed by atoms with van der Waals surface area (Å²) in [5.74, 6) is 0.859. The molecule has 0 aliphatic carbocycles. The molecule has 0 aromatic carbocycles. The van der Waals surface area contributed by atoms with Crippen LogP contribution >= 0.6 is 0 Å². The zero-order chi connectivity index (χ0) is 6.15. The zero-order valence-electron chi connectivity index (χ0n) is 5.27. The van der Waals surface area contributed by atoms with Gasteiger partial charge in [-0.3, -0.25) is 4.79 Å². The first kappa shape index (κ1) is 5.60. The van der Waals surface area contributed by atoms with E-state index in [1.165, 1.54) is 0 Å². The van der Waals surface area contributed by atoms with Gasteiger partial charge in [0.1, 0.15) is 6.04 Å². The van der Waals surface area contributed by atoms with E-state index in [2.05, 4.69) is 19.2 Å². The van der Waals surface area contributed by atoms with Crippen molar-refractivity contribution >= 4 is 5.91 Å². The molecule has 0 aromatic rings. The Morgan fingerprint density at radius 2 is 2.25 bits per heavy atom. The lowest BCUT2D eigenvalue weighted by molar-refractivity contribution is -0.111. The third-order valence-corrected chi connectivity index (χ3v) is 1.26. The van der Waals surface area contributed by atoms with Gasteiger partial charge in [-0.2, -0.15) is 0 Å². The predicted octanol–water partition coefficient (Wildman–Crippen LogP) is 0.531. The fourth-order valence-electron chi connectivity index (χ4n) is 0.767. The first-order valence-corrected chi connectivity index (χ1v) is 3.00. The van der Waals surface area contributed by atoms with Crippen LogP contribution in [0.4, 0.5) is 0 Å². The fraction of sp³-hybridized carbons (Fsp3) is 0.833. The molecule has 1 fully saturated rings. The Balaban J connectivity index is 2.13. The lowest BCUT2D eigenvalue weighted by atomic mass is 10.1. The van der Waals surface area contributed by atoms with E-state index >= 15 is 0 Å². The molecule has 8 heavy (non-hydrogen) atoms. The van der Waals surface area contributed by atoms with Crippen molar-refractivity contribution in [1.82, 2.24) is 5.32 Å². The van der Waals surface area contributed by atoms with Gasteiger partial charge < -0.3 is 5.32 Å². The second kappa shape index (κ2) is 1.77. The molecule has 0 aromatic heterocycles. The van der Waals surface area contributed by atoms with Crippen LogP contribution in [0.1, 0.15) is 20.3 Å². The van der Waals surface area contributed by atoms with Crippen molar-refractivity contribution in [1.29, 1.82) is 0 Å². The van der Waals surface area contributed by atoms with E-state index in [-0.39, 0.29) is 11.9 Å². The number of carbonyl (C=O) groups is 1. The Morgan fingerprint density at radius 1 is 1.75 bits per heavy atom. The average Bonchev–Trinajstić information content (AvgIpc) is 2.17. The largest absolute Gasteiger partial charge is 0.343 e. The predicted molar refractivity (Wildman–Crippen MR) is 31.4 cm³/mol. The molecule has 1 unspecified atom stereocenters. The highest BCUT2D eigenvalue weighted by Crippen LogP contribution is 2.11. The summed E-state index contributed by atoms with van der Waals surface area (Å²) in [7, 11) is 0. The van der Waals surface area contributed by atoms with Crippen LogP contribution in [-0.4, -0.2) is 11.9 Å². The van der Waals surface area contributed by atoms with Crippen LogP contribution in [0.5, 0.6) is 0 Å². The van der Waals surface area contributed by atoms with Crippen LogP contribution in [0, 0.1) is 5.92 Å². The van der Waals surface area contributed by atoms with Gasteiger partial charge in [0.25, 0.3) is 0 Å². The zero-order valence-corrected chi connectivity index (χ0v) is 5.27. The van der Waals surface area contributed by atoms with Crippen LogP contribution < -0.4 is 5.32 Å². The number of hydrogen-bond donors (Lipinski definition) is 1. The maximum Gasteiger partial charge on any atom is 0.243 e. The molecule has 2 heteroatoms. The Labute approximate surface area is 49.3 Å². The molecule has 1 aliphatic rings. The standard InChI is InChI=1S/C6H11NO/c1-4(2)3-5-6(8)7-5/h4-5H,3H2,1-2H3,(H,7,8). The summed E-state index contributed by atoms with van der Waals surface area (Å²) in [4.78, 5) is 10.3. The summed E-state index contributed by atoms with van der Waals surface area (Å²) in [5, 5.41) is 2.72. The maximum absolute atomic E-state index is 10.3. The Kier molecular flexibility index (Phi) is 1.24. The summed E-state index contributed by atoms with van der Waals surface area (Å²) in [6.07, 6.45) is 0.999. The van der Waals surface area contributed by atoms with Crippen LogP contribution in [0.25, 0.3) is 0 Å². The first-order chi connectivity index (χ1) is 3.70. The molecular weight excluding hydrogens is 102 g/mol. The minimum Gasteiger partial charge on any atom is -0.343 e. The molecule has 1 N–H and O–H groups in total. The molecule has 1 aliphatic heterocycles. The van der Waals surface area contributed by atoms with E-state index in [4.69, 9.17) is 0 Å². The van der Waals surface area contributed by atoms with Crippen LogP contribution in [-0.2, 0) is 4.79 Å². The van der Waals surface area contributed by atoms with E-state index in [1.54, 1.807) is 0 Å². The van der Waals surface area contributed by atoms with Crippen LogP contribution in [0.3, 0.4) is 0 Å². The van der Waals surface area contributed by atoms with Crippen molar-refractivity contribution in [2.45, 2.75) is 26.3 Å². The number of rotatable bonds is 2. The summed E-state index contributed by atoms with van der Waals surface area (Å²) in [5.41, 5.74) is 0. The Bertz CT molecular complexity index is 109. The van der Waals surface area contributed by atoms with Gasteiger partial charge in [-0.25, -0.2) is 0 Å². The average molecular weight is 113 g/mol. The molecule has 0 spiro atoms. The highest BCUT2D eigenvalue weighted by atomic mass is 16.2. The Morgan fingerprint density at radius 3 is 2.38 bits per heavy atom. The molecule has 1 saturated heterocycles. The second-order valence-electron chi connectivity index (χ2n) is 2.69. The van der Waals surface area contributed by atoms with E-state index < -0.39 is 0 Å². The molecule has 1 atom stereocenters. The summed E-state index contributed by atoms with van der Waals surface area (Å²) >= 11 is 0. The maximum atomic E-state index is 10.3. The van der Waals surface area contributed by atoms with Crippen molar-refractivity contribution in [3.63, 3.8) is 0 Å². The van der Waals surface area contributed by atoms with Gasteiger partial charge in [0.2, 0.25) is 5.91 Å². The third kappa shape index (κ3) is 1.22. The van der Waals surface area contributed by atoms with E-state index in [0.717, 1.165) is 6.42 Å². The monoisotopic (exact) mass is 113 g/mol. The molecule has 0 radical (unpaired) electrons. The van der Waals surface area contributed by atoms with Gasteiger partial charge in [0.15, 0.2) is 0 Å². The highest BCUT2D eigenvalue weighted by Gasteiger charge is 2.33. The van der Waals surface area contributed by atoms with Crippen molar-refractivity contribution in [2.24, 2.45) is 5.92 Å². The van der Waals surface area contributed by atoms with E-state index in [0.29, 0.717) is 5.92 Å². The fourth-order valence-corrected chi connectivity index (χ4v) is 0.767. The van der Waals surface area contributed by atoms with Crippen molar-refractivity contribution in [3.8, 4) is 0 Å². The minimum atomic E-state index is 0.204. The SMILES string of the molecule is CC(C)CC1NC1=O. The van der Waals surface area contributed by atoms with E-state index in [9.17, 15) is 4.79 Å². The van der Waals surface area contributed by atoms with Crippen molar-refractivity contribution in [2.75, 3.05) is 0 Å². The molecule has 0 saturated carbocycles. The van der Waals surface area contributed by atoms with Gasteiger partial charge >= 0.3 is 0 Å². The Hall–Kier alpha value is -0.530. The van der Waals surface area contributed by atoms with Crippen LogP contribution in [0.15, 0.2) is 0 Å². The summed E-state index contributed by atoms with van der Waals surface area (Å²) in [6, 6.07) is 0.204. The van der Waals surface area contributed by atoms with Gasteiger partial charge in [-0.15, -0.1) is 0 Å². The first-order valence-electron chi connectivity index (χ1n) is 3.00. The molecule has 1 rings (SSSR count). The smallest absolute Gasteiger partial charge is 0.243 e. The van der Waals surface area contributed by atoms with Gasteiger partial charge in [0, 0.05) is 0 Å². The van der Waals surface area contributed by atoms with E-state index in [1.807, 2.05) is 0 Å². The normalized spacial score (nSPS) is 25.9. The van der Waals surface area contributed by atoms with Crippen LogP contribution in [0.2, 0.25) is 0 Å². The quantitative estimate of drug-likeness (QED) is 0.521. The number of hydrogen-bond acceptors (Lipinski definition) is 1. The molecular formula is C6H11NO. The molecule has 2 nitrogen and oxygen atoms in total. The van der Waals surface area contributed by atoms with Gasteiger partial charge in [-0.05, 0) is 12.3 Å². The number of nitrogens with one attached hydrogen (secondary N) is 1. The highest BCUT2D eigenvalue weighted by molar-refractivity contribution is 5.96. The molecule has 46 valence electrons. The van der Waals surface area contributed by atoms with Gasteiger partial charge in [0.05, 0.1) is 0 Å².